The number of nitrogens with zero attached hydrogens (tertiary/aromatic N) is 1. The van der Waals surface area contributed by atoms with E-state index in [0.717, 1.165) is 44.4 Å². The number of Topliss-reactive ketones (excluding diaryl/α,β-unsaturated/α-hetero) is 1. The third kappa shape index (κ3) is 4.81. The normalized spacial score (nSPS) is 19.7. The molecule has 1 heterocycles. The number of carbonyl (C=O) groups excluding carboxylic acids is 1. The second kappa shape index (κ2) is 9.07. The first-order chi connectivity index (χ1) is 11.2. The SMILES string of the molecule is CCCC(=O)CCC[C@@H]1CCCN1[C@@H](C)c1ccccc1OC. The maximum absolute atomic E-state index is 11.7. The fourth-order valence-corrected chi connectivity index (χ4v) is 3.81. The third-order valence-electron chi connectivity index (χ3n) is 5.03. The van der Waals surface area contributed by atoms with Crippen molar-refractivity contribution in [2.24, 2.45) is 0 Å². The molecule has 3 heteroatoms. The smallest absolute Gasteiger partial charge is 0.132 e. The van der Waals surface area contributed by atoms with Gasteiger partial charge in [-0.25, -0.2) is 0 Å². The van der Waals surface area contributed by atoms with Crippen LogP contribution in [-0.2, 0) is 4.79 Å². The largest absolute Gasteiger partial charge is 0.496 e. The number of para-hydroxylation sites is 1. The lowest BCUT2D eigenvalue weighted by Crippen LogP contribution is -2.32. The highest BCUT2D eigenvalue weighted by atomic mass is 16.5. The highest BCUT2D eigenvalue weighted by Crippen LogP contribution is 2.35. The Kier molecular flexibility index (Phi) is 7.10. The molecule has 2 rings (SSSR count). The highest BCUT2D eigenvalue weighted by Gasteiger charge is 2.30. The Balaban J connectivity index is 1.94. The molecule has 0 unspecified atom stereocenters. The second-order valence-corrected chi connectivity index (χ2v) is 6.63. The van der Waals surface area contributed by atoms with Crippen molar-refractivity contribution in [3.05, 3.63) is 29.8 Å². The molecule has 1 saturated heterocycles. The van der Waals surface area contributed by atoms with Crippen molar-refractivity contribution in [1.29, 1.82) is 0 Å². The zero-order valence-corrected chi connectivity index (χ0v) is 14.9. The van der Waals surface area contributed by atoms with Crippen LogP contribution in [0, 0.1) is 0 Å². The molecule has 0 aromatic heterocycles. The van der Waals surface area contributed by atoms with Gasteiger partial charge in [-0.05, 0) is 51.6 Å². The van der Waals surface area contributed by atoms with E-state index in [9.17, 15) is 4.79 Å². The van der Waals surface area contributed by atoms with Crippen LogP contribution in [0.5, 0.6) is 5.75 Å². The predicted octanol–water partition coefficient (Wildman–Crippen LogP) is 4.76. The first kappa shape index (κ1) is 18.0. The molecule has 128 valence electrons. The van der Waals surface area contributed by atoms with Gasteiger partial charge in [0.2, 0.25) is 0 Å². The Morgan fingerprint density at radius 3 is 2.87 bits per heavy atom. The number of methoxy groups -OCH3 is 1. The first-order valence-electron chi connectivity index (χ1n) is 9.07. The van der Waals surface area contributed by atoms with Crippen molar-refractivity contribution < 1.29 is 9.53 Å². The number of likely N-dealkylation sites (tertiary alicyclic amines) is 1. The summed E-state index contributed by atoms with van der Waals surface area (Å²) in [6.45, 7) is 5.50. The third-order valence-corrected chi connectivity index (χ3v) is 5.03. The van der Waals surface area contributed by atoms with E-state index in [0.29, 0.717) is 17.9 Å². The maximum Gasteiger partial charge on any atom is 0.132 e. The zero-order valence-electron chi connectivity index (χ0n) is 14.9. The molecular formula is C20H31NO2. The average Bonchev–Trinajstić information content (AvgIpc) is 3.03. The molecule has 1 aromatic rings. The molecule has 0 saturated carbocycles. The molecule has 2 atom stereocenters. The van der Waals surface area contributed by atoms with Crippen molar-refractivity contribution in [1.82, 2.24) is 4.90 Å². The lowest BCUT2D eigenvalue weighted by Gasteiger charge is -2.31. The summed E-state index contributed by atoms with van der Waals surface area (Å²) in [5.74, 6) is 1.40. The van der Waals surface area contributed by atoms with E-state index in [2.05, 4.69) is 30.9 Å². The standard InChI is InChI=1S/C20H31NO2/c1-4-9-18(22)12-7-10-17-11-8-15-21(17)16(2)19-13-5-6-14-20(19)23-3/h5-6,13-14,16-17H,4,7-12,15H2,1-3H3/t16-,17+/m0/s1. The summed E-state index contributed by atoms with van der Waals surface area (Å²) in [7, 11) is 1.74. The minimum absolute atomic E-state index is 0.366. The van der Waals surface area contributed by atoms with Gasteiger partial charge in [0.1, 0.15) is 11.5 Å². The quantitative estimate of drug-likeness (QED) is 0.657. The van der Waals surface area contributed by atoms with Gasteiger partial charge >= 0.3 is 0 Å². The number of ether oxygens (including phenoxy) is 1. The van der Waals surface area contributed by atoms with Gasteiger partial charge in [0, 0.05) is 30.5 Å². The van der Waals surface area contributed by atoms with Gasteiger partial charge < -0.3 is 4.74 Å². The number of carbonyl (C=O) groups is 1. The molecule has 1 fully saturated rings. The van der Waals surface area contributed by atoms with Crippen molar-refractivity contribution in [2.75, 3.05) is 13.7 Å². The molecule has 0 spiro atoms. The fraction of sp³-hybridized carbons (Fsp3) is 0.650. The molecule has 0 N–H and O–H groups in total. The Bertz CT molecular complexity index is 500. The number of hydrogen-bond donors (Lipinski definition) is 0. The molecule has 0 aliphatic carbocycles. The topological polar surface area (TPSA) is 29.5 Å². The van der Waals surface area contributed by atoms with Gasteiger partial charge in [-0.2, -0.15) is 0 Å². The van der Waals surface area contributed by atoms with Gasteiger partial charge in [-0.15, -0.1) is 0 Å². The monoisotopic (exact) mass is 317 g/mol. The van der Waals surface area contributed by atoms with Crippen molar-refractivity contribution in [3.63, 3.8) is 0 Å². The van der Waals surface area contributed by atoms with E-state index < -0.39 is 0 Å². The Hall–Kier alpha value is -1.35. The Labute approximate surface area is 141 Å². The van der Waals surface area contributed by atoms with Gasteiger partial charge in [0.25, 0.3) is 0 Å². The number of rotatable bonds is 9. The fourth-order valence-electron chi connectivity index (χ4n) is 3.81. The van der Waals surface area contributed by atoms with Crippen LogP contribution in [0.4, 0.5) is 0 Å². The van der Waals surface area contributed by atoms with E-state index in [-0.39, 0.29) is 0 Å². The lowest BCUT2D eigenvalue weighted by molar-refractivity contribution is -0.119. The molecule has 1 aromatic carbocycles. The van der Waals surface area contributed by atoms with Crippen molar-refractivity contribution in [2.45, 2.75) is 70.9 Å². The Morgan fingerprint density at radius 2 is 2.13 bits per heavy atom. The van der Waals surface area contributed by atoms with E-state index in [1.54, 1.807) is 7.11 Å². The van der Waals surface area contributed by atoms with Gasteiger partial charge in [0.15, 0.2) is 0 Å². The summed E-state index contributed by atoms with van der Waals surface area (Å²) in [6, 6.07) is 9.29. The van der Waals surface area contributed by atoms with E-state index in [1.165, 1.54) is 18.4 Å². The van der Waals surface area contributed by atoms with Crippen LogP contribution >= 0.6 is 0 Å². The summed E-state index contributed by atoms with van der Waals surface area (Å²) in [4.78, 5) is 14.3. The van der Waals surface area contributed by atoms with E-state index in [1.807, 2.05) is 12.1 Å². The first-order valence-corrected chi connectivity index (χ1v) is 9.07. The summed E-state index contributed by atoms with van der Waals surface area (Å²) < 4.78 is 5.53. The van der Waals surface area contributed by atoms with Crippen molar-refractivity contribution >= 4 is 5.78 Å². The van der Waals surface area contributed by atoms with Crippen LogP contribution in [0.2, 0.25) is 0 Å². The summed E-state index contributed by atoms with van der Waals surface area (Å²) in [5.41, 5.74) is 1.27. The van der Waals surface area contributed by atoms with Crippen LogP contribution in [-0.4, -0.2) is 30.4 Å². The summed E-state index contributed by atoms with van der Waals surface area (Å²) in [6.07, 6.45) is 7.13. The van der Waals surface area contributed by atoms with Crippen LogP contribution in [0.1, 0.15) is 70.4 Å². The molecule has 1 aliphatic rings. The summed E-state index contributed by atoms with van der Waals surface area (Å²) >= 11 is 0. The number of ketones is 1. The van der Waals surface area contributed by atoms with E-state index >= 15 is 0 Å². The minimum Gasteiger partial charge on any atom is -0.496 e. The minimum atomic E-state index is 0.366. The van der Waals surface area contributed by atoms with Gasteiger partial charge in [-0.3, -0.25) is 9.69 Å². The molecular weight excluding hydrogens is 286 g/mol. The lowest BCUT2D eigenvalue weighted by atomic mass is 10.0. The molecule has 3 nitrogen and oxygen atoms in total. The molecule has 1 aliphatic heterocycles. The molecule has 0 bridgehead atoms. The Morgan fingerprint density at radius 1 is 1.35 bits per heavy atom. The highest BCUT2D eigenvalue weighted by molar-refractivity contribution is 5.78. The van der Waals surface area contributed by atoms with Crippen LogP contribution in [0.3, 0.4) is 0 Å². The number of benzene rings is 1. The van der Waals surface area contributed by atoms with E-state index in [4.69, 9.17) is 4.74 Å². The number of hydrogen-bond acceptors (Lipinski definition) is 3. The predicted molar refractivity (Wildman–Crippen MR) is 94.9 cm³/mol. The summed E-state index contributed by atoms with van der Waals surface area (Å²) in [5, 5.41) is 0. The average molecular weight is 317 g/mol. The maximum atomic E-state index is 11.7. The van der Waals surface area contributed by atoms with Gasteiger partial charge in [0.05, 0.1) is 7.11 Å². The molecule has 23 heavy (non-hydrogen) atoms. The van der Waals surface area contributed by atoms with Gasteiger partial charge in [-0.1, -0.05) is 25.1 Å². The second-order valence-electron chi connectivity index (χ2n) is 6.63. The van der Waals surface area contributed by atoms with Crippen LogP contribution < -0.4 is 4.74 Å². The zero-order chi connectivity index (χ0) is 16.7. The van der Waals surface area contributed by atoms with Crippen molar-refractivity contribution in [3.8, 4) is 5.75 Å². The molecule has 0 amide bonds. The van der Waals surface area contributed by atoms with Crippen LogP contribution in [0.15, 0.2) is 24.3 Å². The molecule has 0 radical (unpaired) electrons. The van der Waals surface area contributed by atoms with Crippen LogP contribution in [0.25, 0.3) is 0 Å².